The molecule has 1 aromatic heterocycles. The average Bonchev–Trinajstić information content (AvgIpc) is 2.68. The largest absolute Gasteiger partial charge is 0.308 e. The van der Waals surface area contributed by atoms with Crippen molar-refractivity contribution < 1.29 is 0 Å². The molecule has 2 nitrogen and oxygen atoms in total. The van der Waals surface area contributed by atoms with Crippen molar-refractivity contribution in [1.29, 1.82) is 0 Å². The number of aromatic nitrogens is 1. The van der Waals surface area contributed by atoms with Crippen LogP contribution in [0.3, 0.4) is 0 Å². The maximum Gasteiger partial charge on any atom is 0.107 e. The van der Waals surface area contributed by atoms with Crippen molar-refractivity contribution in [1.82, 2.24) is 10.3 Å². The molecule has 0 bridgehead atoms. The van der Waals surface area contributed by atoms with Crippen molar-refractivity contribution in [3.05, 3.63) is 16.1 Å². The molecular weight excluding hydrogens is 216 g/mol. The number of nitrogens with zero attached hydrogens (tertiary/aromatic N) is 1. The highest BCUT2D eigenvalue weighted by molar-refractivity contribution is 7.11. The Morgan fingerprint density at radius 2 is 2.38 bits per heavy atom. The lowest BCUT2D eigenvalue weighted by molar-refractivity contribution is 0.265. The van der Waals surface area contributed by atoms with E-state index in [1.54, 1.807) is 0 Å². The Kier molecular flexibility index (Phi) is 4.36. The summed E-state index contributed by atoms with van der Waals surface area (Å²) in [4.78, 5) is 5.82. The summed E-state index contributed by atoms with van der Waals surface area (Å²) >= 11 is 1.84. The third-order valence-corrected chi connectivity index (χ3v) is 4.60. The number of thiazole rings is 1. The maximum absolute atomic E-state index is 4.43. The molecule has 90 valence electrons. The molecular formula is C13H22N2S. The van der Waals surface area contributed by atoms with E-state index < -0.39 is 0 Å². The first-order chi connectivity index (χ1) is 7.78. The molecule has 1 saturated carbocycles. The van der Waals surface area contributed by atoms with E-state index >= 15 is 0 Å². The van der Waals surface area contributed by atoms with E-state index in [1.165, 1.54) is 35.6 Å². The quantitative estimate of drug-likeness (QED) is 0.822. The summed E-state index contributed by atoms with van der Waals surface area (Å²) in [7, 11) is 0. The van der Waals surface area contributed by atoms with Gasteiger partial charge in [-0.25, -0.2) is 4.98 Å². The zero-order valence-corrected chi connectivity index (χ0v) is 11.1. The molecule has 1 atom stereocenters. The molecule has 0 amide bonds. The molecule has 0 spiro atoms. The Morgan fingerprint density at radius 1 is 1.56 bits per heavy atom. The lowest BCUT2D eigenvalue weighted by Crippen LogP contribution is -2.29. The Balaban J connectivity index is 1.69. The zero-order valence-electron chi connectivity index (χ0n) is 10.3. The van der Waals surface area contributed by atoms with Crippen LogP contribution in [-0.2, 0) is 13.0 Å². The summed E-state index contributed by atoms with van der Waals surface area (Å²) in [5, 5.41) is 4.82. The predicted molar refractivity (Wildman–Crippen MR) is 69.8 cm³/mol. The van der Waals surface area contributed by atoms with Crippen LogP contribution in [0.1, 0.15) is 49.4 Å². The van der Waals surface area contributed by atoms with Crippen LogP contribution in [0.25, 0.3) is 0 Å². The van der Waals surface area contributed by atoms with Crippen molar-refractivity contribution in [2.45, 2.75) is 58.5 Å². The molecule has 0 aliphatic heterocycles. The van der Waals surface area contributed by atoms with Gasteiger partial charge < -0.3 is 5.32 Å². The fourth-order valence-corrected chi connectivity index (χ4v) is 2.98. The third kappa shape index (κ3) is 3.29. The summed E-state index contributed by atoms with van der Waals surface area (Å²) in [5.74, 6) is 0.991. The van der Waals surface area contributed by atoms with E-state index in [0.717, 1.165) is 18.9 Å². The van der Waals surface area contributed by atoms with Gasteiger partial charge in [-0.1, -0.05) is 26.2 Å². The van der Waals surface area contributed by atoms with E-state index in [0.29, 0.717) is 6.04 Å². The molecule has 2 rings (SSSR count). The van der Waals surface area contributed by atoms with Gasteiger partial charge in [0.05, 0.1) is 0 Å². The second-order valence-corrected chi connectivity index (χ2v) is 6.09. The number of rotatable bonds is 6. The smallest absolute Gasteiger partial charge is 0.107 e. The molecule has 1 aromatic rings. The fraction of sp³-hybridized carbons (Fsp3) is 0.769. The third-order valence-electron chi connectivity index (χ3n) is 3.46. The first-order valence-electron chi connectivity index (χ1n) is 6.45. The van der Waals surface area contributed by atoms with Crippen molar-refractivity contribution in [2.24, 2.45) is 5.92 Å². The first kappa shape index (κ1) is 12.1. The van der Waals surface area contributed by atoms with Crippen LogP contribution < -0.4 is 5.32 Å². The van der Waals surface area contributed by atoms with Gasteiger partial charge in [-0.15, -0.1) is 11.3 Å². The van der Waals surface area contributed by atoms with Crippen LogP contribution in [0, 0.1) is 5.92 Å². The van der Waals surface area contributed by atoms with E-state index in [4.69, 9.17) is 0 Å². The highest BCUT2D eigenvalue weighted by Gasteiger charge is 2.19. The number of hydrogen-bond acceptors (Lipinski definition) is 3. The maximum atomic E-state index is 4.43. The zero-order chi connectivity index (χ0) is 11.4. The van der Waals surface area contributed by atoms with E-state index in [1.807, 2.05) is 17.5 Å². The molecule has 1 aliphatic rings. The summed E-state index contributed by atoms with van der Waals surface area (Å²) in [5.41, 5.74) is 0. The highest BCUT2D eigenvalue weighted by atomic mass is 32.1. The molecule has 1 unspecified atom stereocenters. The standard InChI is InChI=1S/C13H22N2S/c1-3-12-8-15-13(16-12)9-14-10(2)7-11-5-4-6-11/h8,10-11,14H,3-7,9H2,1-2H3. The van der Waals surface area contributed by atoms with E-state index in [2.05, 4.69) is 24.1 Å². The highest BCUT2D eigenvalue weighted by Crippen LogP contribution is 2.30. The molecule has 1 heterocycles. The molecule has 0 radical (unpaired) electrons. The van der Waals surface area contributed by atoms with E-state index in [-0.39, 0.29) is 0 Å². The van der Waals surface area contributed by atoms with Gasteiger partial charge in [-0.05, 0) is 25.7 Å². The van der Waals surface area contributed by atoms with Crippen molar-refractivity contribution in [3.8, 4) is 0 Å². The molecule has 1 aliphatic carbocycles. The van der Waals surface area contributed by atoms with Gasteiger partial charge in [0.1, 0.15) is 5.01 Å². The second-order valence-electron chi connectivity index (χ2n) is 4.89. The van der Waals surface area contributed by atoms with Gasteiger partial charge in [0.25, 0.3) is 0 Å². The van der Waals surface area contributed by atoms with E-state index in [9.17, 15) is 0 Å². The van der Waals surface area contributed by atoms with Crippen LogP contribution in [0.4, 0.5) is 0 Å². The summed E-state index contributed by atoms with van der Waals surface area (Å²) in [6.45, 7) is 5.43. The molecule has 1 fully saturated rings. The van der Waals surface area contributed by atoms with Crippen LogP contribution >= 0.6 is 11.3 Å². The van der Waals surface area contributed by atoms with Gasteiger partial charge in [-0.2, -0.15) is 0 Å². The van der Waals surface area contributed by atoms with Gasteiger partial charge in [0, 0.05) is 23.7 Å². The summed E-state index contributed by atoms with van der Waals surface area (Å²) < 4.78 is 0. The SMILES string of the molecule is CCc1cnc(CNC(C)CC2CCC2)s1. The van der Waals surface area contributed by atoms with Gasteiger partial charge in [0.2, 0.25) is 0 Å². The van der Waals surface area contributed by atoms with Crippen LogP contribution in [0.15, 0.2) is 6.20 Å². The molecule has 16 heavy (non-hydrogen) atoms. The average molecular weight is 238 g/mol. The Morgan fingerprint density at radius 3 is 2.94 bits per heavy atom. The Labute approximate surface area is 102 Å². The second kappa shape index (κ2) is 5.78. The van der Waals surface area contributed by atoms with Gasteiger partial charge in [-0.3, -0.25) is 0 Å². The number of aryl methyl sites for hydroxylation is 1. The van der Waals surface area contributed by atoms with Gasteiger partial charge in [0.15, 0.2) is 0 Å². The number of nitrogens with one attached hydrogen (secondary N) is 1. The fourth-order valence-electron chi connectivity index (χ4n) is 2.17. The topological polar surface area (TPSA) is 24.9 Å². The van der Waals surface area contributed by atoms with Crippen LogP contribution in [0.5, 0.6) is 0 Å². The molecule has 3 heteroatoms. The monoisotopic (exact) mass is 238 g/mol. The predicted octanol–water partition coefficient (Wildman–Crippen LogP) is 3.37. The Bertz CT molecular complexity index is 317. The first-order valence-corrected chi connectivity index (χ1v) is 7.26. The van der Waals surface area contributed by atoms with Crippen molar-refractivity contribution >= 4 is 11.3 Å². The molecule has 0 saturated heterocycles. The molecule has 1 N–H and O–H groups in total. The minimum atomic E-state index is 0.638. The molecule has 0 aromatic carbocycles. The van der Waals surface area contributed by atoms with Crippen LogP contribution in [-0.4, -0.2) is 11.0 Å². The number of hydrogen-bond donors (Lipinski definition) is 1. The lowest BCUT2D eigenvalue weighted by atomic mass is 9.81. The van der Waals surface area contributed by atoms with Crippen LogP contribution in [0.2, 0.25) is 0 Å². The normalized spacial score (nSPS) is 18.4. The Hall–Kier alpha value is -0.410. The lowest BCUT2D eigenvalue weighted by Gasteiger charge is -2.28. The summed E-state index contributed by atoms with van der Waals surface area (Å²) in [6.07, 6.45) is 8.80. The minimum absolute atomic E-state index is 0.638. The minimum Gasteiger partial charge on any atom is -0.308 e. The van der Waals surface area contributed by atoms with Crippen molar-refractivity contribution in [2.75, 3.05) is 0 Å². The van der Waals surface area contributed by atoms with Gasteiger partial charge >= 0.3 is 0 Å². The van der Waals surface area contributed by atoms with Crippen molar-refractivity contribution in [3.63, 3.8) is 0 Å². The summed E-state index contributed by atoms with van der Waals surface area (Å²) in [6, 6.07) is 0.638.